The molecule has 2 heteroatoms. The van der Waals surface area contributed by atoms with Crippen molar-refractivity contribution < 1.29 is 9.90 Å². The predicted molar refractivity (Wildman–Crippen MR) is 40.8 cm³/mol. The molecule has 0 radical (unpaired) electrons. The van der Waals surface area contributed by atoms with Gasteiger partial charge in [0.05, 0.1) is 6.10 Å². The van der Waals surface area contributed by atoms with Gasteiger partial charge in [-0.1, -0.05) is 13.3 Å². The summed E-state index contributed by atoms with van der Waals surface area (Å²) in [6.45, 7) is 2.04. The topological polar surface area (TPSA) is 37.3 Å². The average molecular weight is 144 g/mol. The van der Waals surface area contributed by atoms with Crippen molar-refractivity contribution in [2.45, 2.75) is 45.1 Å². The molecule has 0 rings (SSSR count). The standard InChI is InChI=1S/C8H16O2/c1-2-5-8(10)6-3-4-7-9/h7-8,10H,2-6H2,1H3. The number of carbonyl (C=O) groups excluding carboxylic acids is 1. The molecule has 1 N–H and O–H groups in total. The van der Waals surface area contributed by atoms with Crippen molar-refractivity contribution in [3.63, 3.8) is 0 Å². The smallest absolute Gasteiger partial charge is 0.119 e. The van der Waals surface area contributed by atoms with Crippen LogP contribution in [0, 0.1) is 0 Å². The Labute approximate surface area is 62.2 Å². The largest absolute Gasteiger partial charge is 0.393 e. The van der Waals surface area contributed by atoms with Gasteiger partial charge in [0.15, 0.2) is 0 Å². The highest BCUT2D eigenvalue weighted by Gasteiger charge is 2.00. The molecule has 0 saturated carbocycles. The van der Waals surface area contributed by atoms with Gasteiger partial charge in [-0.25, -0.2) is 0 Å². The van der Waals surface area contributed by atoms with Gasteiger partial charge in [-0.3, -0.25) is 0 Å². The van der Waals surface area contributed by atoms with Crippen molar-refractivity contribution in [3.05, 3.63) is 0 Å². The summed E-state index contributed by atoms with van der Waals surface area (Å²) < 4.78 is 0. The van der Waals surface area contributed by atoms with Crippen molar-refractivity contribution in [1.82, 2.24) is 0 Å². The molecule has 1 atom stereocenters. The van der Waals surface area contributed by atoms with Crippen LogP contribution in [0.15, 0.2) is 0 Å². The number of hydrogen-bond acceptors (Lipinski definition) is 2. The normalized spacial score (nSPS) is 13.0. The van der Waals surface area contributed by atoms with Gasteiger partial charge in [0.25, 0.3) is 0 Å². The second kappa shape index (κ2) is 6.75. The summed E-state index contributed by atoms with van der Waals surface area (Å²) in [5, 5.41) is 9.16. The SMILES string of the molecule is CCCC(O)CCCC=O. The van der Waals surface area contributed by atoms with Crippen LogP contribution in [0.4, 0.5) is 0 Å². The van der Waals surface area contributed by atoms with Gasteiger partial charge in [-0.2, -0.15) is 0 Å². The van der Waals surface area contributed by atoms with Gasteiger partial charge < -0.3 is 9.90 Å². The molecule has 10 heavy (non-hydrogen) atoms. The van der Waals surface area contributed by atoms with Gasteiger partial charge in [-0.15, -0.1) is 0 Å². The number of rotatable bonds is 6. The third-order valence-corrected chi connectivity index (χ3v) is 1.48. The van der Waals surface area contributed by atoms with E-state index in [2.05, 4.69) is 0 Å². The van der Waals surface area contributed by atoms with Crippen LogP contribution >= 0.6 is 0 Å². The molecule has 0 spiro atoms. The Morgan fingerprint density at radius 1 is 1.50 bits per heavy atom. The zero-order valence-corrected chi connectivity index (χ0v) is 6.55. The van der Waals surface area contributed by atoms with Crippen LogP contribution in [0.2, 0.25) is 0 Å². The van der Waals surface area contributed by atoms with E-state index in [1.165, 1.54) is 0 Å². The van der Waals surface area contributed by atoms with Crippen molar-refractivity contribution in [2.75, 3.05) is 0 Å². The van der Waals surface area contributed by atoms with Crippen molar-refractivity contribution >= 4 is 6.29 Å². The molecule has 0 aliphatic heterocycles. The highest BCUT2D eigenvalue weighted by atomic mass is 16.3. The quantitative estimate of drug-likeness (QED) is 0.453. The molecule has 0 bridgehead atoms. The van der Waals surface area contributed by atoms with E-state index >= 15 is 0 Å². The molecule has 0 fully saturated rings. The van der Waals surface area contributed by atoms with Crippen LogP contribution < -0.4 is 0 Å². The van der Waals surface area contributed by atoms with E-state index in [1.54, 1.807) is 0 Å². The second-order valence-corrected chi connectivity index (χ2v) is 2.54. The minimum atomic E-state index is -0.190. The van der Waals surface area contributed by atoms with Crippen LogP contribution in [0.25, 0.3) is 0 Å². The van der Waals surface area contributed by atoms with E-state index in [0.29, 0.717) is 6.42 Å². The lowest BCUT2D eigenvalue weighted by atomic mass is 10.1. The summed E-state index contributed by atoms with van der Waals surface area (Å²) in [6, 6.07) is 0. The Morgan fingerprint density at radius 2 is 2.20 bits per heavy atom. The fourth-order valence-electron chi connectivity index (χ4n) is 0.914. The Balaban J connectivity index is 3.04. The predicted octanol–water partition coefficient (Wildman–Crippen LogP) is 1.52. The Morgan fingerprint density at radius 3 is 2.70 bits per heavy atom. The first-order valence-corrected chi connectivity index (χ1v) is 3.93. The first-order chi connectivity index (χ1) is 4.81. The molecular formula is C8H16O2. The monoisotopic (exact) mass is 144 g/mol. The summed E-state index contributed by atoms with van der Waals surface area (Å²) in [5.41, 5.74) is 0. The van der Waals surface area contributed by atoms with Gasteiger partial charge in [0, 0.05) is 6.42 Å². The Kier molecular flexibility index (Phi) is 6.50. The first-order valence-electron chi connectivity index (χ1n) is 3.93. The van der Waals surface area contributed by atoms with E-state index < -0.39 is 0 Å². The lowest BCUT2D eigenvalue weighted by Gasteiger charge is -2.05. The van der Waals surface area contributed by atoms with E-state index in [0.717, 1.165) is 32.0 Å². The average Bonchev–Trinajstić information content (AvgIpc) is 1.89. The number of hydrogen-bond donors (Lipinski definition) is 1. The number of unbranched alkanes of at least 4 members (excludes halogenated alkanes) is 1. The Bertz CT molecular complexity index is 81.3. The summed E-state index contributed by atoms with van der Waals surface area (Å²) in [5.74, 6) is 0. The van der Waals surface area contributed by atoms with Crippen molar-refractivity contribution in [1.29, 1.82) is 0 Å². The molecule has 2 nitrogen and oxygen atoms in total. The van der Waals surface area contributed by atoms with Crippen molar-refractivity contribution in [2.24, 2.45) is 0 Å². The summed E-state index contributed by atoms with van der Waals surface area (Å²) in [6.07, 6.45) is 4.77. The zero-order valence-electron chi connectivity index (χ0n) is 6.55. The van der Waals surface area contributed by atoms with Crippen LogP contribution in [-0.4, -0.2) is 17.5 Å². The maximum absolute atomic E-state index is 9.86. The summed E-state index contributed by atoms with van der Waals surface area (Å²) in [4.78, 5) is 9.86. The molecule has 0 aliphatic carbocycles. The lowest BCUT2D eigenvalue weighted by molar-refractivity contribution is -0.108. The van der Waals surface area contributed by atoms with E-state index in [-0.39, 0.29) is 6.10 Å². The summed E-state index contributed by atoms with van der Waals surface area (Å²) in [7, 11) is 0. The van der Waals surface area contributed by atoms with Gasteiger partial charge in [0.1, 0.15) is 6.29 Å². The van der Waals surface area contributed by atoms with E-state index in [9.17, 15) is 4.79 Å². The summed E-state index contributed by atoms with van der Waals surface area (Å²) >= 11 is 0. The maximum Gasteiger partial charge on any atom is 0.119 e. The molecular weight excluding hydrogens is 128 g/mol. The molecule has 0 aliphatic rings. The van der Waals surface area contributed by atoms with Crippen LogP contribution in [0.1, 0.15) is 39.0 Å². The van der Waals surface area contributed by atoms with E-state index in [1.807, 2.05) is 6.92 Å². The zero-order chi connectivity index (χ0) is 7.82. The number of aldehydes is 1. The number of aliphatic hydroxyl groups excluding tert-OH is 1. The minimum Gasteiger partial charge on any atom is -0.393 e. The third-order valence-electron chi connectivity index (χ3n) is 1.48. The van der Waals surface area contributed by atoms with Crippen LogP contribution in [0.3, 0.4) is 0 Å². The van der Waals surface area contributed by atoms with E-state index in [4.69, 9.17) is 5.11 Å². The molecule has 0 heterocycles. The van der Waals surface area contributed by atoms with Gasteiger partial charge >= 0.3 is 0 Å². The van der Waals surface area contributed by atoms with Crippen LogP contribution in [0.5, 0.6) is 0 Å². The fourth-order valence-corrected chi connectivity index (χ4v) is 0.914. The molecule has 1 unspecified atom stereocenters. The minimum absolute atomic E-state index is 0.190. The molecule has 0 saturated heterocycles. The molecule has 0 aromatic carbocycles. The van der Waals surface area contributed by atoms with Crippen LogP contribution in [-0.2, 0) is 4.79 Å². The third kappa shape index (κ3) is 5.76. The molecule has 0 amide bonds. The molecule has 0 aromatic rings. The number of carbonyl (C=O) groups is 1. The highest BCUT2D eigenvalue weighted by Crippen LogP contribution is 2.04. The Hall–Kier alpha value is -0.370. The highest BCUT2D eigenvalue weighted by molar-refractivity contribution is 5.48. The fraction of sp³-hybridized carbons (Fsp3) is 0.875. The van der Waals surface area contributed by atoms with Gasteiger partial charge in [-0.05, 0) is 19.3 Å². The maximum atomic E-state index is 9.86. The first kappa shape index (κ1) is 9.63. The van der Waals surface area contributed by atoms with Crippen molar-refractivity contribution in [3.8, 4) is 0 Å². The van der Waals surface area contributed by atoms with Gasteiger partial charge in [0.2, 0.25) is 0 Å². The molecule has 60 valence electrons. The number of aliphatic hydroxyl groups is 1. The lowest BCUT2D eigenvalue weighted by Crippen LogP contribution is -2.04. The second-order valence-electron chi connectivity index (χ2n) is 2.54. The molecule has 0 aromatic heterocycles.